The number of ether oxygens (including phenoxy) is 1. The zero-order valence-corrected chi connectivity index (χ0v) is 13.9. The fourth-order valence-corrected chi connectivity index (χ4v) is 2.93. The van der Waals surface area contributed by atoms with Crippen LogP contribution in [-0.4, -0.2) is 17.9 Å². The Morgan fingerprint density at radius 1 is 1.22 bits per heavy atom. The Kier molecular flexibility index (Phi) is 5.33. The molecule has 0 radical (unpaired) electrons. The summed E-state index contributed by atoms with van der Waals surface area (Å²) in [6.45, 7) is 4.01. The molecule has 0 aliphatic rings. The Morgan fingerprint density at radius 3 is 2.35 bits per heavy atom. The van der Waals surface area contributed by atoms with Crippen molar-refractivity contribution in [2.24, 2.45) is 5.92 Å². The molecule has 0 saturated heterocycles. The predicted octanol–water partition coefficient (Wildman–Crippen LogP) is 3.79. The standard InChI is InChI=1S/C16H18N2O4S/c1-10(2)15(11-4-6-12(22-3)7-5-11)17-16(19)13-8-9-14(23-13)18(20)21/h4-10,15H,1-3H3,(H,17,19). The highest BCUT2D eigenvalue weighted by Gasteiger charge is 2.21. The molecule has 0 spiro atoms. The summed E-state index contributed by atoms with van der Waals surface area (Å²) < 4.78 is 5.14. The molecule has 0 saturated carbocycles. The van der Waals surface area contributed by atoms with Crippen LogP contribution in [0.1, 0.15) is 35.1 Å². The molecule has 1 aromatic heterocycles. The molecule has 0 bridgehead atoms. The Labute approximate surface area is 138 Å². The van der Waals surface area contributed by atoms with Gasteiger partial charge in [0, 0.05) is 6.07 Å². The quantitative estimate of drug-likeness (QED) is 0.643. The van der Waals surface area contributed by atoms with Crippen LogP contribution in [0, 0.1) is 16.0 Å². The van der Waals surface area contributed by atoms with Gasteiger partial charge in [-0.1, -0.05) is 37.3 Å². The van der Waals surface area contributed by atoms with Gasteiger partial charge in [-0.2, -0.15) is 0 Å². The van der Waals surface area contributed by atoms with Gasteiger partial charge in [0.05, 0.1) is 23.0 Å². The van der Waals surface area contributed by atoms with Crippen molar-refractivity contribution in [1.29, 1.82) is 0 Å². The van der Waals surface area contributed by atoms with E-state index in [0.29, 0.717) is 4.88 Å². The van der Waals surface area contributed by atoms with Crippen LogP contribution in [0.3, 0.4) is 0 Å². The number of carbonyl (C=O) groups is 1. The maximum Gasteiger partial charge on any atom is 0.324 e. The molecule has 0 fully saturated rings. The molecule has 1 unspecified atom stereocenters. The van der Waals surface area contributed by atoms with Crippen LogP contribution < -0.4 is 10.1 Å². The first kappa shape index (κ1) is 17.0. The van der Waals surface area contributed by atoms with Crippen LogP contribution in [0.4, 0.5) is 5.00 Å². The molecule has 0 aliphatic heterocycles. The predicted molar refractivity (Wildman–Crippen MR) is 89.0 cm³/mol. The van der Waals surface area contributed by atoms with Gasteiger partial charge in [-0.15, -0.1) is 0 Å². The molecule has 0 aliphatic carbocycles. The minimum absolute atomic E-state index is 0.0410. The van der Waals surface area contributed by atoms with Crippen LogP contribution in [-0.2, 0) is 0 Å². The summed E-state index contributed by atoms with van der Waals surface area (Å²) in [4.78, 5) is 22.9. The average Bonchev–Trinajstić information content (AvgIpc) is 3.02. The van der Waals surface area contributed by atoms with Gasteiger partial charge in [0.1, 0.15) is 5.75 Å². The third-order valence-electron chi connectivity index (χ3n) is 3.42. The van der Waals surface area contributed by atoms with Gasteiger partial charge in [-0.3, -0.25) is 14.9 Å². The minimum atomic E-state index is -0.495. The van der Waals surface area contributed by atoms with E-state index in [-0.39, 0.29) is 22.9 Å². The van der Waals surface area contributed by atoms with Gasteiger partial charge in [0.25, 0.3) is 5.91 Å². The molecular weight excluding hydrogens is 316 g/mol. The number of nitro groups is 1. The number of hydrogen-bond donors (Lipinski definition) is 1. The van der Waals surface area contributed by atoms with Crippen molar-refractivity contribution in [2.75, 3.05) is 7.11 Å². The number of carbonyl (C=O) groups excluding carboxylic acids is 1. The average molecular weight is 334 g/mol. The molecule has 1 atom stereocenters. The molecule has 2 aromatic rings. The number of methoxy groups -OCH3 is 1. The lowest BCUT2D eigenvalue weighted by Crippen LogP contribution is -2.31. The second-order valence-corrected chi connectivity index (χ2v) is 6.43. The molecule has 2 rings (SSSR count). The Hall–Kier alpha value is -2.41. The second kappa shape index (κ2) is 7.23. The molecule has 1 aromatic carbocycles. The van der Waals surface area contributed by atoms with Crippen LogP contribution in [0.15, 0.2) is 36.4 Å². The lowest BCUT2D eigenvalue weighted by Gasteiger charge is -2.22. The summed E-state index contributed by atoms with van der Waals surface area (Å²) in [7, 11) is 1.60. The molecule has 1 N–H and O–H groups in total. The molecular formula is C16H18N2O4S. The highest BCUT2D eigenvalue weighted by molar-refractivity contribution is 7.17. The highest BCUT2D eigenvalue weighted by atomic mass is 32.1. The van der Waals surface area contributed by atoms with E-state index in [0.717, 1.165) is 22.6 Å². The van der Waals surface area contributed by atoms with E-state index in [9.17, 15) is 14.9 Å². The summed E-state index contributed by atoms with van der Waals surface area (Å²) >= 11 is 0.873. The van der Waals surface area contributed by atoms with Gasteiger partial charge < -0.3 is 10.1 Å². The van der Waals surface area contributed by atoms with Gasteiger partial charge in [0.15, 0.2) is 0 Å². The number of nitrogens with zero attached hydrogens (tertiary/aromatic N) is 1. The summed E-state index contributed by atoms with van der Waals surface area (Å²) in [6, 6.07) is 10.1. The van der Waals surface area contributed by atoms with E-state index in [1.807, 2.05) is 38.1 Å². The zero-order chi connectivity index (χ0) is 17.0. The van der Waals surface area contributed by atoms with Crippen LogP contribution in [0.2, 0.25) is 0 Å². The molecule has 1 heterocycles. The topological polar surface area (TPSA) is 81.5 Å². The number of thiophene rings is 1. The first-order valence-electron chi connectivity index (χ1n) is 7.11. The first-order chi connectivity index (χ1) is 10.9. The van der Waals surface area contributed by atoms with Crippen molar-refractivity contribution in [3.63, 3.8) is 0 Å². The molecule has 122 valence electrons. The van der Waals surface area contributed by atoms with E-state index in [2.05, 4.69) is 5.32 Å². The van der Waals surface area contributed by atoms with Gasteiger partial charge in [-0.05, 0) is 29.7 Å². The molecule has 7 heteroatoms. The van der Waals surface area contributed by atoms with Gasteiger partial charge in [-0.25, -0.2) is 0 Å². The van der Waals surface area contributed by atoms with E-state index in [1.165, 1.54) is 12.1 Å². The summed E-state index contributed by atoms with van der Waals surface area (Å²) in [6.07, 6.45) is 0. The van der Waals surface area contributed by atoms with Crippen molar-refractivity contribution in [2.45, 2.75) is 19.9 Å². The SMILES string of the molecule is COc1ccc(C(NC(=O)c2ccc([N+](=O)[O-])s2)C(C)C)cc1. The normalized spacial score (nSPS) is 12.0. The highest BCUT2D eigenvalue weighted by Crippen LogP contribution is 2.27. The second-order valence-electron chi connectivity index (χ2n) is 5.36. The summed E-state index contributed by atoms with van der Waals surface area (Å²) in [5, 5.41) is 13.6. The third kappa shape index (κ3) is 4.07. The largest absolute Gasteiger partial charge is 0.497 e. The van der Waals surface area contributed by atoms with E-state index >= 15 is 0 Å². The zero-order valence-electron chi connectivity index (χ0n) is 13.1. The lowest BCUT2D eigenvalue weighted by molar-refractivity contribution is -0.380. The van der Waals surface area contributed by atoms with Crippen LogP contribution >= 0.6 is 11.3 Å². The van der Waals surface area contributed by atoms with E-state index in [4.69, 9.17) is 4.74 Å². The lowest BCUT2D eigenvalue weighted by atomic mass is 9.96. The number of benzene rings is 1. The maximum absolute atomic E-state index is 12.3. The fourth-order valence-electron chi connectivity index (χ4n) is 2.21. The van der Waals surface area contributed by atoms with Gasteiger partial charge >= 0.3 is 5.00 Å². The summed E-state index contributed by atoms with van der Waals surface area (Å²) in [5.41, 5.74) is 0.959. The number of nitrogens with one attached hydrogen (secondary N) is 1. The molecule has 6 nitrogen and oxygen atoms in total. The fraction of sp³-hybridized carbons (Fsp3) is 0.312. The van der Waals surface area contributed by atoms with Crippen LogP contribution in [0.25, 0.3) is 0 Å². The van der Waals surface area contributed by atoms with Crippen molar-refractivity contribution >= 4 is 22.2 Å². The Morgan fingerprint density at radius 2 is 1.87 bits per heavy atom. The van der Waals surface area contributed by atoms with Gasteiger partial charge in [0.2, 0.25) is 0 Å². The van der Waals surface area contributed by atoms with Crippen molar-refractivity contribution in [1.82, 2.24) is 5.32 Å². The van der Waals surface area contributed by atoms with Crippen LogP contribution in [0.5, 0.6) is 5.75 Å². The van der Waals surface area contributed by atoms with E-state index in [1.54, 1.807) is 7.11 Å². The molecule has 1 amide bonds. The first-order valence-corrected chi connectivity index (χ1v) is 7.93. The smallest absolute Gasteiger partial charge is 0.324 e. The monoisotopic (exact) mass is 334 g/mol. The maximum atomic E-state index is 12.3. The molecule has 23 heavy (non-hydrogen) atoms. The minimum Gasteiger partial charge on any atom is -0.497 e. The van der Waals surface area contributed by atoms with Crippen molar-refractivity contribution < 1.29 is 14.5 Å². The third-order valence-corrected chi connectivity index (χ3v) is 4.46. The summed E-state index contributed by atoms with van der Waals surface area (Å²) in [5.74, 6) is 0.608. The number of hydrogen-bond acceptors (Lipinski definition) is 5. The van der Waals surface area contributed by atoms with Crippen molar-refractivity contribution in [3.05, 3.63) is 57.0 Å². The Balaban J connectivity index is 2.17. The number of amides is 1. The Bertz CT molecular complexity index is 694. The number of rotatable bonds is 6. The van der Waals surface area contributed by atoms with E-state index < -0.39 is 4.92 Å². The van der Waals surface area contributed by atoms with Crippen molar-refractivity contribution in [3.8, 4) is 5.75 Å².